The van der Waals surface area contributed by atoms with Crippen molar-refractivity contribution in [3.8, 4) is 0 Å². The number of hydrogen-bond acceptors (Lipinski definition) is 6. The first-order chi connectivity index (χ1) is 13.0. The molecule has 3 aromatic rings. The van der Waals surface area contributed by atoms with E-state index in [1.807, 2.05) is 0 Å². The molecular weight excluding hydrogens is 350 g/mol. The third kappa shape index (κ3) is 3.31. The molecule has 2 aromatic heterocycles. The minimum atomic E-state index is -0.457. The van der Waals surface area contributed by atoms with Gasteiger partial charge >= 0.3 is 0 Å². The molecule has 1 unspecified atom stereocenters. The molecule has 4 rings (SSSR count). The Bertz CT molecular complexity index is 1070. The van der Waals surface area contributed by atoms with E-state index in [1.165, 1.54) is 7.05 Å². The van der Waals surface area contributed by atoms with Crippen molar-refractivity contribution in [3.63, 3.8) is 0 Å². The molecule has 9 heteroatoms. The van der Waals surface area contributed by atoms with E-state index < -0.39 is 5.92 Å². The summed E-state index contributed by atoms with van der Waals surface area (Å²) in [4.78, 5) is 38.5. The van der Waals surface area contributed by atoms with E-state index in [2.05, 4.69) is 15.6 Å². The van der Waals surface area contributed by atoms with Crippen LogP contribution in [0.5, 0.6) is 0 Å². The van der Waals surface area contributed by atoms with Gasteiger partial charge in [0.2, 0.25) is 11.8 Å². The smallest absolute Gasteiger partial charge is 0.277 e. The monoisotopic (exact) mass is 367 g/mol. The Kier molecular flexibility index (Phi) is 4.19. The van der Waals surface area contributed by atoms with Crippen molar-refractivity contribution in [2.45, 2.75) is 13.0 Å². The van der Waals surface area contributed by atoms with Crippen LogP contribution in [0.4, 0.5) is 5.69 Å². The number of nitrogens with zero attached hydrogens (tertiary/aromatic N) is 4. The van der Waals surface area contributed by atoms with Crippen LogP contribution in [0.3, 0.4) is 0 Å². The zero-order valence-corrected chi connectivity index (χ0v) is 14.6. The standard InChI is InChI=1S/C18H17N5O4/c1-22-18(26)14-8-12(4-5-15(14)20-21-22)19-17(25)11-7-16(24)23(9-11)10-13-3-2-6-27-13/h2-6,8,11H,7,9-10H2,1H3,(H,19,25). The van der Waals surface area contributed by atoms with E-state index in [1.54, 1.807) is 41.5 Å². The van der Waals surface area contributed by atoms with Crippen molar-refractivity contribution in [1.29, 1.82) is 0 Å². The summed E-state index contributed by atoms with van der Waals surface area (Å²) < 4.78 is 6.39. The van der Waals surface area contributed by atoms with Gasteiger partial charge in [-0.25, -0.2) is 4.68 Å². The number of amides is 2. The largest absolute Gasteiger partial charge is 0.467 e. The van der Waals surface area contributed by atoms with Gasteiger partial charge in [-0.1, -0.05) is 5.21 Å². The van der Waals surface area contributed by atoms with E-state index in [-0.39, 0.29) is 23.8 Å². The maximum absolute atomic E-state index is 12.6. The molecular formula is C18H17N5O4. The third-order valence-corrected chi connectivity index (χ3v) is 4.59. The molecule has 1 saturated heterocycles. The molecule has 0 spiro atoms. The Morgan fingerprint density at radius 1 is 1.33 bits per heavy atom. The quantitative estimate of drug-likeness (QED) is 0.734. The Balaban J connectivity index is 1.48. The van der Waals surface area contributed by atoms with Gasteiger partial charge in [0.1, 0.15) is 11.3 Å². The predicted octanol–water partition coefficient (Wildman–Crippen LogP) is 0.909. The van der Waals surface area contributed by atoms with Crippen LogP contribution in [0.25, 0.3) is 10.9 Å². The molecule has 0 saturated carbocycles. The van der Waals surface area contributed by atoms with Crippen LogP contribution in [0, 0.1) is 5.92 Å². The average Bonchev–Trinajstić information content (AvgIpc) is 3.29. The summed E-state index contributed by atoms with van der Waals surface area (Å²) in [5.41, 5.74) is 0.642. The van der Waals surface area contributed by atoms with Crippen molar-refractivity contribution >= 4 is 28.4 Å². The summed E-state index contributed by atoms with van der Waals surface area (Å²) >= 11 is 0. The number of rotatable bonds is 4. The topological polar surface area (TPSA) is 110 Å². The highest BCUT2D eigenvalue weighted by Crippen LogP contribution is 2.22. The lowest BCUT2D eigenvalue weighted by molar-refractivity contribution is -0.128. The van der Waals surface area contributed by atoms with Crippen LogP contribution in [0.1, 0.15) is 12.2 Å². The van der Waals surface area contributed by atoms with Gasteiger partial charge in [0.05, 0.1) is 24.1 Å². The molecule has 0 radical (unpaired) electrons. The fraction of sp³-hybridized carbons (Fsp3) is 0.278. The summed E-state index contributed by atoms with van der Waals surface area (Å²) in [6.07, 6.45) is 1.70. The first-order valence-electron chi connectivity index (χ1n) is 8.46. The van der Waals surface area contributed by atoms with Gasteiger partial charge < -0.3 is 14.6 Å². The van der Waals surface area contributed by atoms with Crippen LogP contribution in [-0.2, 0) is 23.2 Å². The first kappa shape index (κ1) is 17.0. The number of carbonyl (C=O) groups excluding carboxylic acids is 2. The number of carbonyl (C=O) groups is 2. The molecule has 27 heavy (non-hydrogen) atoms. The second kappa shape index (κ2) is 6.67. The Labute approximate surface area is 153 Å². The molecule has 1 atom stereocenters. The van der Waals surface area contributed by atoms with Gasteiger partial charge in [0, 0.05) is 25.7 Å². The summed E-state index contributed by atoms with van der Waals surface area (Å²) in [7, 11) is 1.51. The lowest BCUT2D eigenvalue weighted by Crippen LogP contribution is -2.28. The summed E-state index contributed by atoms with van der Waals surface area (Å²) in [5.74, 6) is -0.130. The van der Waals surface area contributed by atoms with Crippen LogP contribution in [0.2, 0.25) is 0 Å². The zero-order chi connectivity index (χ0) is 19.0. The number of aryl methyl sites for hydroxylation is 1. The third-order valence-electron chi connectivity index (χ3n) is 4.59. The number of nitrogens with one attached hydrogen (secondary N) is 1. The Morgan fingerprint density at radius 2 is 2.19 bits per heavy atom. The second-order valence-corrected chi connectivity index (χ2v) is 6.49. The molecule has 1 aromatic carbocycles. The minimum Gasteiger partial charge on any atom is -0.467 e. The zero-order valence-electron chi connectivity index (χ0n) is 14.6. The lowest BCUT2D eigenvalue weighted by atomic mass is 10.1. The molecule has 138 valence electrons. The number of fused-ring (bicyclic) bond motifs is 1. The van der Waals surface area contributed by atoms with Crippen LogP contribution < -0.4 is 10.9 Å². The van der Waals surface area contributed by atoms with E-state index in [4.69, 9.17) is 4.42 Å². The first-order valence-corrected chi connectivity index (χ1v) is 8.46. The Morgan fingerprint density at radius 3 is 2.96 bits per heavy atom. The Hall–Kier alpha value is -3.49. The highest BCUT2D eigenvalue weighted by Gasteiger charge is 2.34. The number of anilines is 1. The highest BCUT2D eigenvalue weighted by atomic mass is 16.3. The van der Waals surface area contributed by atoms with E-state index >= 15 is 0 Å². The minimum absolute atomic E-state index is 0.0887. The number of furan rings is 1. The number of hydrogen-bond donors (Lipinski definition) is 1. The van der Waals surface area contributed by atoms with Crippen molar-refractivity contribution in [3.05, 3.63) is 52.7 Å². The van der Waals surface area contributed by atoms with E-state index in [0.717, 1.165) is 4.68 Å². The van der Waals surface area contributed by atoms with Gasteiger partial charge in [-0.2, -0.15) is 0 Å². The molecule has 1 N–H and O–H groups in total. The normalized spacial score (nSPS) is 16.9. The fourth-order valence-electron chi connectivity index (χ4n) is 3.14. The molecule has 1 fully saturated rings. The molecule has 2 amide bonds. The summed E-state index contributed by atoms with van der Waals surface area (Å²) in [6, 6.07) is 8.41. The van der Waals surface area contributed by atoms with Crippen molar-refractivity contribution in [2.75, 3.05) is 11.9 Å². The molecule has 1 aliphatic rings. The van der Waals surface area contributed by atoms with Gasteiger partial charge in [-0.3, -0.25) is 14.4 Å². The average molecular weight is 367 g/mol. The van der Waals surface area contributed by atoms with Crippen LogP contribution in [-0.4, -0.2) is 38.3 Å². The molecule has 3 heterocycles. The highest BCUT2D eigenvalue weighted by molar-refractivity contribution is 5.98. The van der Waals surface area contributed by atoms with Gasteiger partial charge in [-0.05, 0) is 30.3 Å². The lowest BCUT2D eigenvalue weighted by Gasteiger charge is -2.15. The van der Waals surface area contributed by atoms with E-state index in [0.29, 0.717) is 35.4 Å². The van der Waals surface area contributed by atoms with Crippen LogP contribution in [0.15, 0.2) is 45.8 Å². The molecule has 0 aliphatic carbocycles. The summed E-state index contributed by atoms with van der Waals surface area (Å²) in [6.45, 7) is 0.673. The van der Waals surface area contributed by atoms with Crippen molar-refractivity contribution in [1.82, 2.24) is 19.9 Å². The molecule has 9 nitrogen and oxygen atoms in total. The maximum Gasteiger partial charge on any atom is 0.277 e. The molecule has 1 aliphatic heterocycles. The number of benzene rings is 1. The van der Waals surface area contributed by atoms with Gasteiger partial charge in [0.25, 0.3) is 5.56 Å². The summed E-state index contributed by atoms with van der Waals surface area (Å²) in [5, 5.41) is 10.8. The number of likely N-dealkylation sites (tertiary alicyclic amines) is 1. The van der Waals surface area contributed by atoms with Gasteiger partial charge in [-0.15, -0.1) is 5.10 Å². The SMILES string of the molecule is Cn1nnc2ccc(NC(=O)C3CC(=O)N(Cc4ccco4)C3)cc2c1=O. The predicted molar refractivity (Wildman–Crippen MR) is 95.6 cm³/mol. The maximum atomic E-state index is 12.6. The van der Waals surface area contributed by atoms with Crippen molar-refractivity contribution in [2.24, 2.45) is 13.0 Å². The van der Waals surface area contributed by atoms with Gasteiger partial charge in [0.15, 0.2) is 0 Å². The van der Waals surface area contributed by atoms with Crippen LogP contribution >= 0.6 is 0 Å². The molecule has 0 bridgehead atoms. The van der Waals surface area contributed by atoms with Crippen molar-refractivity contribution < 1.29 is 14.0 Å². The second-order valence-electron chi connectivity index (χ2n) is 6.49. The number of aromatic nitrogens is 3. The fourth-order valence-corrected chi connectivity index (χ4v) is 3.14. The van der Waals surface area contributed by atoms with E-state index in [9.17, 15) is 14.4 Å².